The Labute approximate surface area is 121 Å². The average Bonchev–Trinajstić information content (AvgIpc) is 2.99. The first kappa shape index (κ1) is 13.3. The van der Waals surface area contributed by atoms with Crippen molar-refractivity contribution in [3.63, 3.8) is 0 Å². The van der Waals surface area contributed by atoms with Gasteiger partial charge in [-0.3, -0.25) is 4.18 Å². The van der Waals surface area contributed by atoms with Crippen LogP contribution in [0.4, 0.5) is 0 Å². The molecule has 3 nitrogen and oxygen atoms in total. The van der Waals surface area contributed by atoms with Gasteiger partial charge in [-0.25, -0.2) is 0 Å². The Kier molecular flexibility index (Phi) is 3.53. The van der Waals surface area contributed by atoms with Crippen molar-refractivity contribution in [3.05, 3.63) is 40.9 Å². The van der Waals surface area contributed by atoms with Crippen LogP contribution in [0.1, 0.15) is 12.8 Å². The molecule has 2 aliphatic rings. The van der Waals surface area contributed by atoms with Crippen LogP contribution in [0.3, 0.4) is 0 Å². The summed E-state index contributed by atoms with van der Waals surface area (Å²) in [5.74, 6) is 1.49. The standard InChI is InChI=1S/C14H15BrO3S/c15-13-3-5-14(6-4-13)19(16,17)18-9-12-8-10-1-2-11(12)7-10/h1-6,10-12H,7-9H2/t10-,11+,12-/m1/s1. The van der Waals surface area contributed by atoms with Gasteiger partial charge in [0.05, 0.1) is 11.5 Å². The molecule has 102 valence electrons. The molecule has 1 fully saturated rings. The summed E-state index contributed by atoms with van der Waals surface area (Å²) in [6.45, 7) is 0.296. The summed E-state index contributed by atoms with van der Waals surface area (Å²) in [5.41, 5.74) is 0. The molecule has 0 aliphatic heterocycles. The van der Waals surface area contributed by atoms with E-state index < -0.39 is 10.1 Å². The van der Waals surface area contributed by atoms with Crippen LogP contribution in [0.25, 0.3) is 0 Å². The number of fused-ring (bicyclic) bond motifs is 2. The largest absolute Gasteiger partial charge is 0.296 e. The predicted octanol–water partition coefficient (Wildman–Crippen LogP) is 3.37. The molecule has 0 aromatic heterocycles. The maximum Gasteiger partial charge on any atom is 0.296 e. The first-order valence-corrected chi connectivity index (χ1v) is 8.58. The van der Waals surface area contributed by atoms with E-state index in [0.29, 0.717) is 24.4 Å². The molecule has 0 heterocycles. The minimum absolute atomic E-state index is 0.217. The lowest BCUT2D eigenvalue weighted by molar-refractivity contribution is 0.233. The SMILES string of the molecule is O=S(=O)(OC[C@H]1C[C@@H]2C=C[C@H]1C2)c1ccc(Br)cc1. The zero-order valence-electron chi connectivity index (χ0n) is 10.3. The first-order chi connectivity index (χ1) is 9.04. The monoisotopic (exact) mass is 342 g/mol. The fourth-order valence-corrected chi connectivity index (χ4v) is 4.16. The van der Waals surface area contributed by atoms with E-state index in [2.05, 4.69) is 28.1 Å². The van der Waals surface area contributed by atoms with E-state index in [4.69, 9.17) is 4.18 Å². The summed E-state index contributed by atoms with van der Waals surface area (Å²) in [7, 11) is -3.63. The summed E-state index contributed by atoms with van der Waals surface area (Å²) >= 11 is 3.28. The van der Waals surface area contributed by atoms with Gasteiger partial charge in [-0.15, -0.1) is 0 Å². The molecule has 2 bridgehead atoms. The maximum absolute atomic E-state index is 12.1. The van der Waals surface area contributed by atoms with Crippen molar-refractivity contribution < 1.29 is 12.6 Å². The van der Waals surface area contributed by atoms with Gasteiger partial charge in [-0.2, -0.15) is 8.42 Å². The van der Waals surface area contributed by atoms with Crippen LogP contribution in [0.2, 0.25) is 0 Å². The van der Waals surface area contributed by atoms with Crippen molar-refractivity contribution in [2.45, 2.75) is 17.7 Å². The summed E-state index contributed by atoms with van der Waals surface area (Å²) in [6, 6.07) is 6.52. The van der Waals surface area contributed by atoms with Gasteiger partial charge in [0.2, 0.25) is 0 Å². The smallest absolute Gasteiger partial charge is 0.266 e. The molecular formula is C14H15BrO3S. The number of hydrogen-bond donors (Lipinski definition) is 0. The van der Waals surface area contributed by atoms with Gasteiger partial charge in [-0.05, 0) is 54.9 Å². The summed E-state index contributed by atoms with van der Waals surface area (Å²) < 4.78 is 30.2. The zero-order valence-corrected chi connectivity index (χ0v) is 12.7. The van der Waals surface area contributed by atoms with Crippen molar-refractivity contribution in [2.24, 2.45) is 17.8 Å². The molecule has 0 N–H and O–H groups in total. The van der Waals surface area contributed by atoms with Gasteiger partial charge in [0.25, 0.3) is 10.1 Å². The average molecular weight is 343 g/mol. The minimum Gasteiger partial charge on any atom is -0.266 e. The lowest BCUT2D eigenvalue weighted by atomic mass is 9.95. The molecule has 0 radical (unpaired) electrons. The van der Waals surface area contributed by atoms with Gasteiger partial charge in [-0.1, -0.05) is 28.1 Å². The summed E-state index contributed by atoms with van der Waals surface area (Å²) in [5, 5.41) is 0. The van der Waals surface area contributed by atoms with Crippen molar-refractivity contribution >= 4 is 26.0 Å². The van der Waals surface area contributed by atoms with Gasteiger partial charge in [0, 0.05) is 4.47 Å². The van der Waals surface area contributed by atoms with Crippen molar-refractivity contribution in [3.8, 4) is 0 Å². The normalized spacial score (nSPS) is 29.0. The second-order valence-electron chi connectivity index (χ2n) is 5.23. The lowest BCUT2D eigenvalue weighted by Gasteiger charge is -2.17. The minimum atomic E-state index is -3.63. The van der Waals surface area contributed by atoms with Crippen molar-refractivity contribution in [1.82, 2.24) is 0 Å². The molecule has 0 spiro atoms. The fraction of sp³-hybridized carbons (Fsp3) is 0.429. The summed E-state index contributed by atoms with van der Waals surface area (Å²) in [6.07, 6.45) is 6.65. The Morgan fingerprint density at radius 3 is 2.47 bits per heavy atom. The van der Waals surface area contributed by atoms with Gasteiger partial charge in [0.15, 0.2) is 0 Å². The Bertz CT molecular complexity index is 592. The van der Waals surface area contributed by atoms with Crippen LogP contribution in [0.15, 0.2) is 45.8 Å². The molecule has 0 amide bonds. The van der Waals surface area contributed by atoms with Crippen LogP contribution >= 0.6 is 15.9 Å². The number of allylic oxidation sites excluding steroid dienone is 2. The van der Waals surface area contributed by atoms with E-state index in [9.17, 15) is 8.42 Å². The van der Waals surface area contributed by atoms with E-state index in [1.807, 2.05) is 0 Å². The predicted molar refractivity (Wildman–Crippen MR) is 76.1 cm³/mol. The Morgan fingerprint density at radius 2 is 1.89 bits per heavy atom. The lowest BCUT2D eigenvalue weighted by Crippen LogP contribution is -2.18. The molecule has 1 saturated carbocycles. The van der Waals surface area contributed by atoms with Crippen LogP contribution in [-0.2, 0) is 14.3 Å². The van der Waals surface area contributed by atoms with Crippen LogP contribution in [0.5, 0.6) is 0 Å². The van der Waals surface area contributed by atoms with Gasteiger partial charge < -0.3 is 0 Å². The summed E-state index contributed by atoms with van der Waals surface area (Å²) in [4.78, 5) is 0.217. The molecule has 0 unspecified atom stereocenters. The van der Waals surface area contributed by atoms with Crippen LogP contribution in [0, 0.1) is 17.8 Å². The molecule has 2 aliphatic carbocycles. The van der Waals surface area contributed by atoms with E-state index >= 15 is 0 Å². The van der Waals surface area contributed by atoms with E-state index in [-0.39, 0.29) is 4.90 Å². The van der Waals surface area contributed by atoms with Crippen molar-refractivity contribution in [1.29, 1.82) is 0 Å². The number of rotatable bonds is 4. The van der Waals surface area contributed by atoms with Crippen LogP contribution < -0.4 is 0 Å². The Balaban J connectivity index is 1.66. The quantitative estimate of drug-likeness (QED) is 0.622. The second kappa shape index (κ2) is 5.04. The molecule has 1 aromatic rings. The molecule has 19 heavy (non-hydrogen) atoms. The molecule has 0 saturated heterocycles. The molecular weight excluding hydrogens is 328 g/mol. The van der Waals surface area contributed by atoms with Crippen molar-refractivity contribution in [2.75, 3.05) is 6.61 Å². The topological polar surface area (TPSA) is 43.4 Å². The molecule has 5 heteroatoms. The van der Waals surface area contributed by atoms with E-state index in [1.54, 1.807) is 24.3 Å². The maximum atomic E-state index is 12.1. The number of hydrogen-bond acceptors (Lipinski definition) is 3. The van der Waals surface area contributed by atoms with Crippen LogP contribution in [-0.4, -0.2) is 15.0 Å². The third-order valence-corrected chi connectivity index (χ3v) is 5.78. The number of benzene rings is 1. The second-order valence-corrected chi connectivity index (χ2v) is 7.76. The Hall–Kier alpha value is -0.650. The fourth-order valence-electron chi connectivity index (χ4n) is 2.93. The highest BCUT2D eigenvalue weighted by Crippen LogP contribution is 2.43. The zero-order chi connectivity index (χ0) is 13.5. The van der Waals surface area contributed by atoms with Gasteiger partial charge >= 0.3 is 0 Å². The Morgan fingerprint density at radius 1 is 1.16 bits per heavy atom. The molecule has 1 aromatic carbocycles. The number of halogens is 1. The highest BCUT2D eigenvalue weighted by molar-refractivity contribution is 9.10. The molecule has 3 atom stereocenters. The third kappa shape index (κ3) is 2.78. The molecule has 3 rings (SSSR count). The third-order valence-electron chi connectivity index (χ3n) is 3.96. The van der Waals surface area contributed by atoms with E-state index in [0.717, 1.165) is 17.3 Å². The highest BCUT2D eigenvalue weighted by Gasteiger charge is 2.36. The first-order valence-electron chi connectivity index (χ1n) is 6.38. The van der Waals surface area contributed by atoms with Gasteiger partial charge in [0.1, 0.15) is 0 Å². The highest BCUT2D eigenvalue weighted by atomic mass is 79.9. The van der Waals surface area contributed by atoms with E-state index in [1.165, 1.54) is 0 Å².